The molecule has 1 saturated carbocycles. The molecular weight excluding hydrogens is 331 g/mol. The number of fused-ring (bicyclic) bond motifs is 1. The van der Waals surface area contributed by atoms with E-state index in [4.69, 9.17) is 0 Å². The van der Waals surface area contributed by atoms with E-state index in [0.717, 1.165) is 11.3 Å². The van der Waals surface area contributed by atoms with Crippen molar-refractivity contribution in [1.82, 2.24) is 10.3 Å². The number of nitrogens with zero attached hydrogens (tertiary/aromatic N) is 1. The zero-order valence-electron chi connectivity index (χ0n) is 14.9. The molecule has 0 radical (unpaired) electrons. The molecule has 136 valence electrons. The average molecular weight is 354 g/mol. The van der Waals surface area contributed by atoms with Gasteiger partial charge in [0.2, 0.25) is 0 Å². The van der Waals surface area contributed by atoms with Gasteiger partial charge in [-0.1, -0.05) is 6.92 Å². The van der Waals surface area contributed by atoms with Crippen molar-refractivity contribution in [3.8, 4) is 0 Å². The highest BCUT2D eigenvalue weighted by Gasteiger charge is 2.42. The van der Waals surface area contributed by atoms with E-state index in [2.05, 4.69) is 27.9 Å². The van der Waals surface area contributed by atoms with Crippen LogP contribution in [0.5, 0.6) is 0 Å². The first-order chi connectivity index (χ1) is 12.6. The molecule has 0 saturated heterocycles. The maximum atomic E-state index is 13.2. The summed E-state index contributed by atoms with van der Waals surface area (Å²) in [6, 6.07) is 9.19. The fourth-order valence-corrected chi connectivity index (χ4v) is 3.87. The van der Waals surface area contributed by atoms with Crippen molar-refractivity contribution in [1.29, 1.82) is 0 Å². The van der Waals surface area contributed by atoms with Crippen LogP contribution in [0.1, 0.15) is 41.7 Å². The lowest BCUT2D eigenvalue weighted by Gasteiger charge is -2.40. The number of aromatic nitrogens is 1. The molecule has 1 aromatic carbocycles. The van der Waals surface area contributed by atoms with E-state index in [1.165, 1.54) is 25.1 Å². The molecule has 1 aromatic heterocycles. The summed E-state index contributed by atoms with van der Waals surface area (Å²) in [6.45, 7) is 2.21. The number of carbonyl (C=O) groups is 1. The number of halogens is 1. The topological polar surface area (TPSA) is 66.0 Å². The SMILES string of the molecule is CNC(=O)c1ccc2c(c1)C(Nc1ccc(F)cn1)C(C)C(C1CC1)N2. The van der Waals surface area contributed by atoms with Gasteiger partial charge >= 0.3 is 0 Å². The number of carbonyl (C=O) groups excluding carboxylic acids is 1. The molecule has 3 unspecified atom stereocenters. The molecule has 0 spiro atoms. The number of benzene rings is 1. The molecule has 0 bridgehead atoms. The fraction of sp³-hybridized carbons (Fsp3) is 0.400. The zero-order chi connectivity index (χ0) is 18.3. The van der Waals surface area contributed by atoms with E-state index in [1.807, 2.05) is 18.2 Å². The molecule has 3 N–H and O–H groups in total. The summed E-state index contributed by atoms with van der Waals surface area (Å²) in [7, 11) is 1.63. The van der Waals surface area contributed by atoms with Crippen LogP contribution in [0.25, 0.3) is 0 Å². The summed E-state index contributed by atoms with van der Waals surface area (Å²) in [6.07, 6.45) is 3.71. The summed E-state index contributed by atoms with van der Waals surface area (Å²) < 4.78 is 13.2. The zero-order valence-corrected chi connectivity index (χ0v) is 14.9. The number of nitrogens with one attached hydrogen (secondary N) is 3. The average Bonchev–Trinajstić information content (AvgIpc) is 3.49. The Kier molecular flexibility index (Phi) is 4.26. The molecule has 2 heterocycles. The minimum absolute atomic E-state index is 0.000539. The molecule has 3 atom stereocenters. The normalized spacial score (nSPS) is 24.3. The molecule has 26 heavy (non-hydrogen) atoms. The molecule has 1 amide bonds. The second kappa shape index (κ2) is 6.59. The smallest absolute Gasteiger partial charge is 0.251 e. The maximum absolute atomic E-state index is 13.2. The highest BCUT2D eigenvalue weighted by atomic mass is 19.1. The maximum Gasteiger partial charge on any atom is 0.251 e. The summed E-state index contributed by atoms with van der Waals surface area (Å²) in [5.41, 5.74) is 2.72. The Hall–Kier alpha value is -2.63. The predicted octanol–water partition coefficient (Wildman–Crippen LogP) is 3.57. The Morgan fingerprint density at radius 1 is 1.27 bits per heavy atom. The van der Waals surface area contributed by atoms with Crippen LogP contribution in [0, 0.1) is 17.7 Å². The van der Waals surface area contributed by atoms with Crippen molar-refractivity contribution < 1.29 is 9.18 Å². The number of hydrogen-bond donors (Lipinski definition) is 3. The quantitative estimate of drug-likeness (QED) is 0.785. The molecule has 1 aliphatic carbocycles. The van der Waals surface area contributed by atoms with E-state index in [0.29, 0.717) is 29.3 Å². The van der Waals surface area contributed by atoms with E-state index < -0.39 is 0 Å². The monoisotopic (exact) mass is 354 g/mol. The predicted molar refractivity (Wildman–Crippen MR) is 99.7 cm³/mol. The van der Waals surface area contributed by atoms with E-state index in [9.17, 15) is 9.18 Å². The van der Waals surface area contributed by atoms with Gasteiger partial charge in [-0.2, -0.15) is 0 Å². The second-order valence-corrected chi connectivity index (χ2v) is 7.23. The third kappa shape index (κ3) is 3.11. The van der Waals surface area contributed by atoms with E-state index >= 15 is 0 Å². The Bertz CT molecular complexity index is 819. The number of anilines is 2. The standard InChI is InChI=1S/C20H23FN4O/c1-11-18(12-3-4-12)24-16-7-5-13(20(26)22-2)9-15(16)19(11)25-17-8-6-14(21)10-23-17/h5-12,18-19,24H,3-4H2,1-2H3,(H,22,26)(H,23,25). The largest absolute Gasteiger partial charge is 0.381 e. The lowest BCUT2D eigenvalue weighted by molar-refractivity contribution is 0.0963. The molecule has 1 aliphatic heterocycles. The van der Waals surface area contributed by atoms with Gasteiger partial charge < -0.3 is 16.0 Å². The Morgan fingerprint density at radius 3 is 2.73 bits per heavy atom. The van der Waals surface area contributed by atoms with Crippen molar-refractivity contribution in [3.63, 3.8) is 0 Å². The summed E-state index contributed by atoms with van der Waals surface area (Å²) in [5.74, 6) is 1.16. The van der Waals surface area contributed by atoms with Crippen LogP contribution in [-0.4, -0.2) is 24.0 Å². The molecule has 4 rings (SSSR count). The molecule has 5 nitrogen and oxygen atoms in total. The van der Waals surface area contributed by atoms with Crippen LogP contribution in [0.15, 0.2) is 36.5 Å². The number of amides is 1. The van der Waals surface area contributed by atoms with Crippen LogP contribution in [0.4, 0.5) is 15.9 Å². The number of hydrogen-bond acceptors (Lipinski definition) is 4. The van der Waals surface area contributed by atoms with Crippen LogP contribution in [-0.2, 0) is 0 Å². The second-order valence-electron chi connectivity index (χ2n) is 7.23. The van der Waals surface area contributed by atoms with Gasteiger partial charge in [-0.25, -0.2) is 9.37 Å². The number of pyridine rings is 1. The Labute approximate surface area is 152 Å². The molecule has 2 aliphatic rings. The molecular formula is C20H23FN4O. The van der Waals surface area contributed by atoms with Gasteiger partial charge in [0.05, 0.1) is 12.2 Å². The third-order valence-electron chi connectivity index (χ3n) is 5.45. The highest BCUT2D eigenvalue weighted by molar-refractivity contribution is 5.94. The Morgan fingerprint density at radius 2 is 2.08 bits per heavy atom. The lowest BCUT2D eigenvalue weighted by atomic mass is 9.81. The van der Waals surface area contributed by atoms with Gasteiger partial charge in [-0.3, -0.25) is 4.79 Å². The van der Waals surface area contributed by atoms with E-state index in [-0.39, 0.29) is 17.8 Å². The van der Waals surface area contributed by atoms with E-state index in [1.54, 1.807) is 13.1 Å². The highest BCUT2D eigenvalue weighted by Crippen LogP contribution is 2.46. The first-order valence-corrected chi connectivity index (χ1v) is 9.07. The van der Waals surface area contributed by atoms with Crippen molar-refractivity contribution in [2.45, 2.75) is 31.8 Å². The molecule has 1 fully saturated rings. The van der Waals surface area contributed by atoms with Gasteiger partial charge in [-0.15, -0.1) is 0 Å². The van der Waals surface area contributed by atoms with Gasteiger partial charge in [0.15, 0.2) is 0 Å². The van der Waals surface area contributed by atoms with Crippen molar-refractivity contribution in [2.75, 3.05) is 17.7 Å². The first-order valence-electron chi connectivity index (χ1n) is 9.07. The van der Waals surface area contributed by atoms with Crippen molar-refractivity contribution in [3.05, 3.63) is 53.5 Å². The number of rotatable bonds is 4. The summed E-state index contributed by atoms with van der Waals surface area (Å²) >= 11 is 0. The first kappa shape index (κ1) is 16.8. The molecule has 2 aromatic rings. The fourth-order valence-electron chi connectivity index (χ4n) is 3.87. The van der Waals surface area contributed by atoms with Crippen molar-refractivity contribution >= 4 is 17.4 Å². The molecule has 6 heteroatoms. The minimum Gasteiger partial charge on any atom is -0.381 e. The Balaban J connectivity index is 1.71. The van der Waals surface area contributed by atoms with Gasteiger partial charge in [0, 0.05) is 30.3 Å². The lowest BCUT2D eigenvalue weighted by Crippen LogP contribution is -2.41. The van der Waals surface area contributed by atoms with Gasteiger partial charge in [0.25, 0.3) is 5.91 Å². The van der Waals surface area contributed by atoms with Gasteiger partial charge in [0.1, 0.15) is 11.6 Å². The minimum atomic E-state index is -0.355. The summed E-state index contributed by atoms with van der Waals surface area (Å²) in [5, 5.41) is 9.80. The van der Waals surface area contributed by atoms with Crippen LogP contribution in [0.2, 0.25) is 0 Å². The van der Waals surface area contributed by atoms with Crippen LogP contribution >= 0.6 is 0 Å². The summed E-state index contributed by atoms with van der Waals surface area (Å²) in [4.78, 5) is 16.2. The third-order valence-corrected chi connectivity index (χ3v) is 5.45. The van der Waals surface area contributed by atoms with Crippen LogP contribution < -0.4 is 16.0 Å². The van der Waals surface area contributed by atoms with Crippen molar-refractivity contribution in [2.24, 2.45) is 11.8 Å². The van der Waals surface area contributed by atoms with Crippen LogP contribution in [0.3, 0.4) is 0 Å². The van der Waals surface area contributed by atoms with Gasteiger partial charge in [-0.05, 0) is 54.7 Å².